The highest BCUT2D eigenvalue weighted by atomic mass is 32.1. The van der Waals surface area contributed by atoms with Crippen molar-refractivity contribution >= 4 is 23.2 Å². The molecule has 132 valence electrons. The summed E-state index contributed by atoms with van der Waals surface area (Å²) in [6, 6.07) is 9.62. The van der Waals surface area contributed by atoms with Crippen LogP contribution < -0.4 is 5.32 Å². The predicted molar refractivity (Wildman–Crippen MR) is 95.5 cm³/mol. The van der Waals surface area contributed by atoms with E-state index in [4.69, 9.17) is 0 Å². The van der Waals surface area contributed by atoms with E-state index < -0.39 is 6.10 Å². The van der Waals surface area contributed by atoms with Crippen LogP contribution in [0.5, 0.6) is 0 Å². The Morgan fingerprint density at radius 2 is 2.12 bits per heavy atom. The zero-order chi connectivity index (χ0) is 17.8. The van der Waals surface area contributed by atoms with Crippen LogP contribution in [0, 0.1) is 0 Å². The van der Waals surface area contributed by atoms with Crippen LogP contribution in [0.1, 0.15) is 34.4 Å². The summed E-state index contributed by atoms with van der Waals surface area (Å²) in [7, 11) is 0. The lowest BCUT2D eigenvalue weighted by Gasteiger charge is -2.35. The third-order valence-corrected chi connectivity index (χ3v) is 5.18. The van der Waals surface area contributed by atoms with Crippen molar-refractivity contribution in [1.29, 1.82) is 0 Å². The number of hydrogen-bond acceptors (Lipinski definition) is 5. The van der Waals surface area contributed by atoms with Crippen LogP contribution in [0.25, 0.3) is 0 Å². The van der Waals surface area contributed by atoms with Crippen LogP contribution in [-0.2, 0) is 11.2 Å². The third-order valence-electron chi connectivity index (χ3n) is 4.33. The number of likely N-dealkylation sites (tertiary alicyclic amines) is 1. The molecule has 1 aliphatic rings. The summed E-state index contributed by atoms with van der Waals surface area (Å²) in [5.74, 6) is -0.343. The van der Waals surface area contributed by atoms with Crippen molar-refractivity contribution in [3.05, 3.63) is 52.0 Å². The summed E-state index contributed by atoms with van der Waals surface area (Å²) in [4.78, 5) is 29.7. The molecule has 1 fully saturated rings. The van der Waals surface area contributed by atoms with Gasteiger partial charge in [-0.1, -0.05) is 30.3 Å². The van der Waals surface area contributed by atoms with Gasteiger partial charge in [-0.25, -0.2) is 4.98 Å². The normalized spacial score (nSPS) is 20.3. The number of rotatable bonds is 4. The first-order chi connectivity index (χ1) is 12.0. The number of carbonyl (C=O) groups excluding carboxylic acids is 2. The molecule has 6 nitrogen and oxygen atoms in total. The Morgan fingerprint density at radius 1 is 1.36 bits per heavy atom. The van der Waals surface area contributed by atoms with Gasteiger partial charge in [0, 0.05) is 31.8 Å². The van der Waals surface area contributed by atoms with E-state index in [0.29, 0.717) is 25.1 Å². The van der Waals surface area contributed by atoms with Crippen molar-refractivity contribution in [2.24, 2.45) is 0 Å². The van der Waals surface area contributed by atoms with Crippen LogP contribution in [0.2, 0.25) is 0 Å². The van der Waals surface area contributed by atoms with E-state index in [1.54, 1.807) is 10.3 Å². The minimum Gasteiger partial charge on any atom is -0.389 e. The summed E-state index contributed by atoms with van der Waals surface area (Å²) < 4.78 is 0. The Labute approximate surface area is 150 Å². The second kappa shape index (κ2) is 7.76. The van der Waals surface area contributed by atoms with E-state index >= 15 is 0 Å². The molecular formula is C18H21N3O3S. The minimum absolute atomic E-state index is 0.0612. The number of amides is 2. The van der Waals surface area contributed by atoms with Crippen LogP contribution in [0.15, 0.2) is 35.7 Å². The van der Waals surface area contributed by atoms with Gasteiger partial charge in [-0.3, -0.25) is 9.59 Å². The maximum Gasteiger partial charge on any atom is 0.271 e. The number of aliphatic hydroxyl groups excluding tert-OH is 1. The van der Waals surface area contributed by atoms with Crippen LogP contribution >= 0.6 is 11.3 Å². The van der Waals surface area contributed by atoms with Crippen molar-refractivity contribution < 1.29 is 14.7 Å². The predicted octanol–water partition coefficient (Wildman–Crippen LogP) is 1.45. The third kappa shape index (κ3) is 4.43. The summed E-state index contributed by atoms with van der Waals surface area (Å²) in [6.07, 6.45) is 0.468. The Bertz CT molecular complexity index is 747. The fraction of sp³-hybridized carbons (Fsp3) is 0.389. The molecule has 1 aliphatic heterocycles. The number of hydrogen-bond donors (Lipinski definition) is 2. The molecule has 2 amide bonds. The molecule has 2 heterocycles. The number of aliphatic hydroxyl groups is 1. The lowest BCUT2D eigenvalue weighted by Crippen LogP contribution is -2.55. The summed E-state index contributed by atoms with van der Waals surface area (Å²) in [5.41, 5.74) is 1.52. The van der Waals surface area contributed by atoms with Gasteiger partial charge in [0.25, 0.3) is 5.91 Å². The lowest BCUT2D eigenvalue weighted by atomic mass is 10.0. The van der Waals surface area contributed by atoms with Crippen LogP contribution in [-0.4, -0.2) is 52.0 Å². The lowest BCUT2D eigenvalue weighted by molar-refractivity contribution is -0.132. The average Bonchev–Trinajstić information content (AvgIpc) is 3.06. The van der Waals surface area contributed by atoms with Crippen molar-refractivity contribution in [1.82, 2.24) is 15.2 Å². The van der Waals surface area contributed by atoms with Crippen molar-refractivity contribution in [3.8, 4) is 0 Å². The molecule has 0 bridgehead atoms. The van der Waals surface area contributed by atoms with Crippen molar-refractivity contribution in [2.45, 2.75) is 31.9 Å². The summed E-state index contributed by atoms with van der Waals surface area (Å²) in [6.45, 7) is 2.26. The molecule has 7 heteroatoms. The Balaban J connectivity index is 1.58. The van der Waals surface area contributed by atoms with Crippen LogP contribution in [0.3, 0.4) is 0 Å². The van der Waals surface area contributed by atoms with E-state index in [2.05, 4.69) is 10.3 Å². The molecule has 0 aliphatic carbocycles. The molecule has 0 spiro atoms. The van der Waals surface area contributed by atoms with Gasteiger partial charge in [-0.15, -0.1) is 11.3 Å². The van der Waals surface area contributed by atoms with E-state index in [1.165, 1.54) is 18.3 Å². The maximum atomic E-state index is 12.4. The molecule has 2 aromatic rings. The van der Waals surface area contributed by atoms with E-state index in [-0.39, 0.29) is 24.4 Å². The molecule has 2 atom stereocenters. The minimum atomic E-state index is -0.760. The number of nitrogens with zero attached hydrogens (tertiary/aromatic N) is 2. The number of nitrogens with one attached hydrogen (secondary N) is 1. The topological polar surface area (TPSA) is 82.5 Å². The molecule has 1 saturated heterocycles. The number of carbonyl (C=O) groups is 2. The zero-order valence-corrected chi connectivity index (χ0v) is 14.8. The molecule has 1 aromatic heterocycles. The molecule has 1 aromatic carbocycles. The molecule has 3 rings (SSSR count). The van der Waals surface area contributed by atoms with Gasteiger partial charge in [-0.2, -0.15) is 0 Å². The van der Waals surface area contributed by atoms with E-state index in [0.717, 1.165) is 10.6 Å². The van der Waals surface area contributed by atoms with Crippen molar-refractivity contribution in [3.63, 3.8) is 0 Å². The van der Waals surface area contributed by atoms with E-state index in [1.807, 2.05) is 30.3 Å². The Hall–Kier alpha value is -2.25. The number of aromatic nitrogens is 1. The van der Waals surface area contributed by atoms with Crippen LogP contribution in [0.4, 0.5) is 0 Å². The fourth-order valence-electron chi connectivity index (χ4n) is 2.90. The van der Waals surface area contributed by atoms with Crippen molar-refractivity contribution in [2.75, 3.05) is 13.1 Å². The van der Waals surface area contributed by atoms with Gasteiger partial charge in [0.05, 0.1) is 17.2 Å². The van der Waals surface area contributed by atoms with E-state index in [9.17, 15) is 14.7 Å². The SMILES string of the molecule is CC(=O)N1CC[C@@H](NC(=O)c2csc(Cc3ccccc3)n2)[C@H](O)C1. The van der Waals surface area contributed by atoms with Gasteiger partial charge in [0.2, 0.25) is 5.91 Å². The van der Waals surface area contributed by atoms with Gasteiger partial charge in [-0.05, 0) is 12.0 Å². The maximum absolute atomic E-state index is 12.4. The highest BCUT2D eigenvalue weighted by Crippen LogP contribution is 2.16. The number of β-amino-alcohol motifs (C(OH)–C–C–N with tert-alkyl or cyclic N) is 1. The summed E-state index contributed by atoms with van der Waals surface area (Å²) >= 11 is 1.45. The highest BCUT2D eigenvalue weighted by molar-refractivity contribution is 7.09. The largest absolute Gasteiger partial charge is 0.389 e. The standard InChI is InChI=1S/C18H21N3O3S/c1-12(22)21-8-7-14(16(23)10-21)20-18(24)15-11-25-17(19-15)9-13-5-3-2-4-6-13/h2-6,11,14,16,23H,7-10H2,1H3,(H,20,24)/t14-,16-/m1/s1. The molecule has 25 heavy (non-hydrogen) atoms. The molecule has 2 N–H and O–H groups in total. The first kappa shape index (κ1) is 17.6. The zero-order valence-electron chi connectivity index (χ0n) is 14.0. The average molecular weight is 359 g/mol. The first-order valence-corrected chi connectivity index (χ1v) is 9.13. The Kier molecular flexibility index (Phi) is 5.45. The van der Waals surface area contributed by atoms with Gasteiger partial charge in [0.15, 0.2) is 0 Å². The number of benzene rings is 1. The molecule has 0 radical (unpaired) electrons. The smallest absolute Gasteiger partial charge is 0.271 e. The molecular weight excluding hydrogens is 338 g/mol. The first-order valence-electron chi connectivity index (χ1n) is 8.25. The molecule has 0 saturated carbocycles. The fourth-order valence-corrected chi connectivity index (χ4v) is 3.70. The number of thiazole rings is 1. The monoisotopic (exact) mass is 359 g/mol. The van der Waals surface area contributed by atoms with Gasteiger partial charge >= 0.3 is 0 Å². The summed E-state index contributed by atoms with van der Waals surface area (Å²) in [5, 5.41) is 15.6. The Morgan fingerprint density at radius 3 is 2.80 bits per heavy atom. The molecule has 0 unspecified atom stereocenters. The quantitative estimate of drug-likeness (QED) is 0.866. The second-order valence-electron chi connectivity index (χ2n) is 6.19. The number of piperidine rings is 1. The van der Waals surface area contributed by atoms with Gasteiger partial charge in [0.1, 0.15) is 5.69 Å². The second-order valence-corrected chi connectivity index (χ2v) is 7.13. The van der Waals surface area contributed by atoms with Gasteiger partial charge < -0.3 is 15.3 Å². The highest BCUT2D eigenvalue weighted by Gasteiger charge is 2.30.